The summed E-state index contributed by atoms with van der Waals surface area (Å²) in [5.41, 5.74) is -9.62. The highest BCUT2D eigenvalue weighted by molar-refractivity contribution is 8.13. The second-order valence-corrected chi connectivity index (χ2v) is 3.67. The zero-order valence-corrected chi connectivity index (χ0v) is 6.74. The van der Waals surface area contributed by atoms with E-state index in [0.29, 0.717) is 0 Å². The molecule has 0 bridgehead atoms. The van der Waals surface area contributed by atoms with E-state index in [4.69, 9.17) is 0 Å². The van der Waals surface area contributed by atoms with Gasteiger partial charge in [0.25, 0.3) is 0 Å². The Bertz CT molecular complexity index is 127. The van der Waals surface area contributed by atoms with Crippen molar-refractivity contribution < 1.29 is 26.3 Å². The van der Waals surface area contributed by atoms with E-state index in [1.54, 1.807) is 0 Å². The quantitative estimate of drug-likeness (QED) is 0.405. The van der Waals surface area contributed by atoms with Gasteiger partial charge in [-0.2, -0.15) is 26.3 Å². The smallest absolute Gasteiger partial charge is 0.237 e. The third kappa shape index (κ3) is 8.40. The predicted octanol–water partition coefficient (Wildman–Crippen LogP) is 2.71. The molecule has 12 heavy (non-hydrogen) atoms. The third-order valence-electron chi connectivity index (χ3n) is 0.387. The minimum Gasteiger partial charge on any atom is -0.237 e. The molecule has 0 aromatic heterocycles. The minimum absolute atomic E-state index is 0.500. The number of halogens is 6. The fourth-order valence-corrected chi connectivity index (χ4v) is 1.29. The van der Waals surface area contributed by atoms with Crippen molar-refractivity contribution in [3.05, 3.63) is 0 Å². The Balaban J connectivity index is 3.83. The van der Waals surface area contributed by atoms with E-state index in [2.05, 4.69) is 7.98 Å². The summed E-state index contributed by atoms with van der Waals surface area (Å²) in [6, 6.07) is 0. The lowest BCUT2D eigenvalue weighted by Gasteiger charge is -2.17. The molecule has 0 aliphatic rings. The van der Waals surface area contributed by atoms with Crippen LogP contribution in [0.25, 0.3) is 0 Å². The topological polar surface area (TPSA) is 3.24 Å². The van der Waals surface area contributed by atoms with Crippen LogP contribution in [-0.2, 0) is 0 Å². The summed E-state index contributed by atoms with van der Waals surface area (Å²) in [4.78, 5) is 0. The molecule has 0 heterocycles. The summed E-state index contributed by atoms with van der Waals surface area (Å²) >= 11 is -2.12. The number of alkyl halides is 6. The highest BCUT2D eigenvalue weighted by atomic mass is 32.2. The first-order chi connectivity index (χ1) is 5.10. The van der Waals surface area contributed by atoms with Crippen molar-refractivity contribution in [3.63, 3.8) is 0 Å². The average molecular weight is 227 g/mol. The number of hydrogen-bond donors (Lipinski definition) is 0. The molecule has 0 spiro atoms. The molecule has 1 nitrogen and oxygen atoms in total. The lowest BCUT2D eigenvalue weighted by atomic mass is 10.5. The van der Waals surface area contributed by atoms with E-state index in [1.807, 2.05) is 0 Å². The van der Waals surface area contributed by atoms with Gasteiger partial charge in [-0.1, -0.05) is 0 Å². The Hall–Kier alpha value is 0.305. The summed E-state index contributed by atoms with van der Waals surface area (Å²) in [7, 11) is 4.37. The number of rotatable bonds is 2. The molecule has 0 unspecified atom stereocenters. The lowest BCUT2D eigenvalue weighted by molar-refractivity contribution is -0.0367. The van der Waals surface area contributed by atoms with Crippen molar-refractivity contribution in [1.82, 2.24) is 3.62 Å². The van der Waals surface area contributed by atoms with Gasteiger partial charge >= 0.3 is 11.0 Å². The van der Waals surface area contributed by atoms with Crippen molar-refractivity contribution in [2.24, 2.45) is 0 Å². The average Bonchev–Trinajstić information content (AvgIpc) is 1.49. The molecule has 0 aliphatic carbocycles. The lowest BCUT2D eigenvalue weighted by Crippen LogP contribution is -2.16. The van der Waals surface area contributed by atoms with Gasteiger partial charge in [-0.3, -0.25) is 0 Å². The molecule has 70 valence electrons. The normalized spacial score (nSPS) is 13.9. The van der Waals surface area contributed by atoms with E-state index in [1.165, 1.54) is 0 Å². The molecular weight excluding hydrogens is 227 g/mol. The van der Waals surface area contributed by atoms with Gasteiger partial charge in [0.1, 0.15) is 0 Å². The van der Waals surface area contributed by atoms with Crippen molar-refractivity contribution >= 4 is 31.9 Å². The van der Waals surface area contributed by atoms with E-state index in [0.717, 1.165) is 0 Å². The fraction of sp³-hybridized carbons (Fsp3) is 1.00. The van der Waals surface area contributed by atoms with Gasteiger partial charge in [-0.05, 0) is 0 Å². The first-order valence-electron chi connectivity index (χ1n) is 2.17. The molecule has 0 rings (SSSR count). The van der Waals surface area contributed by atoms with E-state index in [-0.39, 0.29) is 0 Å². The fourth-order valence-electron chi connectivity index (χ4n) is 0.223. The van der Waals surface area contributed by atoms with Crippen molar-refractivity contribution in [1.29, 1.82) is 0 Å². The van der Waals surface area contributed by atoms with Gasteiger partial charge in [-0.15, -0.1) is 0 Å². The second-order valence-electron chi connectivity index (χ2n) is 1.36. The van der Waals surface area contributed by atoms with E-state index >= 15 is 0 Å². The molecule has 0 saturated carbocycles. The van der Waals surface area contributed by atoms with Crippen LogP contribution in [-0.4, -0.2) is 22.6 Å². The maximum atomic E-state index is 11.3. The molecule has 0 fully saturated rings. The van der Waals surface area contributed by atoms with E-state index < -0.39 is 38.5 Å². The Labute approximate surface area is 73.5 Å². The van der Waals surface area contributed by atoms with Gasteiger partial charge in [0, 0.05) is 23.9 Å². The SMILES string of the molecule is [B]N(SC(F)(F)F)SC(F)(F)F. The third-order valence-corrected chi connectivity index (χ3v) is 1.61. The summed E-state index contributed by atoms with van der Waals surface area (Å²) in [5, 5.41) is 0. The predicted molar refractivity (Wildman–Crippen MR) is 34.9 cm³/mol. The van der Waals surface area contributed by atoms with E-state index in [9.17, 15) is 26.3 Å². The monoisotopic (exact) mass is 227 g/mol. The van der Waals surface area contributed by atoms with Gasteiger partial charge < -0.3 is 0 Å². The Morgan fingerprint density at radius 2 is 1.08 bits per heavy atom. The molecule has 0 aliphatic heterocycles. The van der Waals surface area contributed by atoms with Crippen LogP contribution in [0.1, 0.15) is 0 Å². The standard InChI is InChI=1S/C2BF6NS2/c3-10(11-1(4,5)6)12-2(7,8)9. The summed E-state index contributed by atoms with van der Waals surface area (Å²) in [6.45, 7) is 0. The highest BCUT2D eigenvalue weighted by Gasteiger charge is 2.37. The van der Waals surface area contributed by atoms with Gasteiger partial charge in [-0.25, -0.2) is 3.62 Å². The van der Waals surface area contributed by atoms with Crippen LogP contribution in [0.4, 0.5) is 26.3 Å². The van der Waals surface area contributed by atoms with Crippen LogP contribution in [0.15, 0.2) is 0 Å². The van der Waals surface area contributed by atoms with Crippen LogP contribution in [0.2, 0.25) is 0 Å². The van der Waals surface area contributed by atoms with Gasteiger partial charge in [0.05, 0.1) is 0 Å². The Kier molecular flexibility index (Phi) is 4.11. The van der Waals surface area contributed by atoms with Crippen molar-refractivity contribution in [2.45, 2.75) is 11.0 Å². The molecule has 2 radical (unpaired) electrons. The molecule has 0 aromatic carbocycles. The second kappa shape index (κ2) is 4.01. The first kappa shape index (κ1) is 12.3. The highest BCUT2D eigenvalue weighted by Crippen LogP contribution is 2.41. The molecule has 0 saturated heterocycles. The first-order valence-corrected chi connectivity index (χ1v) is 3.71. The Morgan fingerprint density at radius 3 is 1.25 bits per heavy atom. The van der Waals surface area contributed by atoms with Crippen LogP contribution in [0, 0.1) is 0 Å². The van der Waals surface area contributed by atoms with Gasteiger partial charge in [0.15, 0.2) is 0 Å². The summed E-state index contributed by atoms with van der Waals surface area (Å²) in [6.07, 6.45) is 0. The molecule has 0 atom stereocenters. The maximum Gasteiger partial charge on any atom is 0.456 e. The molecule has 10 heteroatoms. The van der Waals surface area contributed by atoms with Crippen LogP contribution in [0.3, 0.4) is 0 Å². The van der Waals surface area contributed by atoms with Crippen molar-refractivity contribution in [2.75, 3.05) is 0 Å². The molecule has 0 aromatic rings. The van der Waals surface area contributed by atoms with Crippen LogP contribution < -0.4 is 0 Å². The summed E-state index contributed by atoms with van der Waals surface area (Å²) in [5.74, 6) is 0. The largest absolute Gasteiger partial charge is 0.456 e. The zero-order valence-electron chi connectivity index (χ0n) is 5.11. The Morgan fingerprint density at radius 1 is 0.833 bits per heavy atom. The van der Waals surface area contributed by atoms with Crippen LogP contribution >= 0.6 is 23.9 Å². The van der Waals surface area contributed by atoms with Crippen molar-refractivity contribution in [3.8, 4) is 0 Å². The molecular formula is C2BF6NS2. The molecule has 0 amide bonds. The van der Waals surface area contributed by atoms with Crippen LogP contribution in [0.5, 0.6) is 0 Å². The maximum absolute atomic E-state index is 11.3. The number of hydrogen-bond acceptors (Lipinski definition) is 3. The van der Waals surface area contributed by atoms with Gasteiger partial charge in [0.2, 0.25) is 7.98 Å². The summed E-state index contributed by atoms with van der Waals surface area (Å²) < 4.78 is 67.6. The number of nitrogens with zero attached hydrogens (tertiary/aromatic N) is 1. The molecule has 0 N–H and O–H groups in total. The minimum atomic E-state index is -4.81. The zero-order chi connectivity index (χ0) is 9.99.